The average Bonchev–Trinajstić information content (AvgIpc) is 3.05. The Morgan fingerprint density at radius 1 is 0.871 bits per heavy atom. The van der Waals surface area contributed by atoms with Crippen molar-refractivity contribution in [3.05, 3.63) is 59.7 Å². The van der Waals surface area contributed by atoms with Gasteiger partial charge in [-0.25, -0.2) is 0 Å². The lowest BCUT2D eigenvalue weighted by molar-refractivity contribution is 0.0718. The lowest BCUT2D eigenvalue weighted by Gasteiger charge is -2.22. The van der Waals surface area contributed by atoms with Gasteiger partial charge in [-0.1, -0.05) is 32.0 Å². The number of methoxy groups -OCH3 is 1. The molecule has 0 saturated carbocycles. The first-order valence-corrected chi connectivity index (χ1v) is 10.9. The van der Waals surface area contributed by atoms with Crippen LogP contribution in [0.2, 0.25) is 0 Å². The minimum absolute atomic E-state index is 0.0134. The molecular weight excluding hydrogens is 392 g/mol. The van der Waals surface area contributed by atoms with E-state index in [4.69, 9.17) is 9.47 Å². The molecule has 0 aliphatic carbocycles. The first kappa shape index (κ1) is 22.7. The minimum atomic E-state index is -0.0546. The van der Waals surface area contributed by atoms with Crippen LogP contribution in [-0.2, 0) is 0 Å². The maximum Gasteiger partial charge on any atom is 0.254 e. The van der Waals surface area contributed by atoms with Crippen molar-refractivity contribution in [2.75, 3.05) is 39.9 Å². The Morgan fingerprint density at radius 3 is 2.13 bits per heavy atom. The monoisotopic (exact) mass is 424 g/mol. The second kappa shape index (κ2) is 10.8. The Bertz CT molecular complexity index is 882. The summed E-state index contributed by atoms with van der Waals surface area (Å²) in [6.45, 7) is 7.20. The maximum atomic E-state index is 13.1. The van der Waals surface area contributed by atoms with Gasteiger partial charge in [0.15, 0.2) is 11.5 Å². The Hall–Kier alpha value is -3.02. The third-order valence-corrected chi connectivity index (χ3v) is 5.45. The molecule has 1 fully saturated rings. The van der Waals surface area contributed by atoms with Gasteiger partial charge >= 0.3 is 0 Å². The molecule has 0 N–H and O–H groups in total. The number of rotatable bonds is 7. The molecule has 1 saturated heterocycles. The summed E-state index contributed by atoms with van der Waals surface area (Å²) in [5, 5.41) is 0. The third-order valence-electron chi connectivity index (χ3n) is 5.45. The molecule has 2 aromatic carbocycles. The molecule has 6 nitrogen and oxygen atoms in total. The number of hydrogen-bond acceptors (Lipinski definition) is 4. The fourth-order valence-electron chi connectivity index (χ4n) is 3.59. The van der Waals surface area contributed by atoms with Crippen LogP contribution in [0, 0.1) is 5.92 Å². The second-order valence-corrected chi connectivity index (χ2v) is 8.20. The van der Waals surface area contributed by atoms with Crippen LogP contribution in [0.15, 0.2) is 48.5 Å². The van der Waals surface area contributed by atoms with E-state index >= 15 is 0 Å². The number of carbonyl (C=O) groups excluding carboxylic acids is 2. The summed E-state index contributed by atoms with van der Waals surface area (Å²) in [7, 11) is 1.58. The first-order valence-electron chi connectivity index (χ1n) is 10.9. The van der Waals surface area contributed by atoms with E-state index < -0.39 is 0 Å². The predicted octanol–water partition coefficient (Wildman–Crippen LogP) is 4.11. The topological polar surface area (TPSA) is 59.1 Å². The lowest BCUT2D eigenvalue weighted by Crippen LogP contribution is -2.37. The molecule has 1 aliphatic rings. The number of benzene rings is 2. The van der Waals surface area contributed by atoms with E-state index in [2.05, 4.69) is 13.8 Å². The van der Waals surface area contributed by atoms with E-state index in [9.17, 15) is 9.59 Å². The van der Waals surface area contributed by atoms with Crippen molar-refractivity contribution >= 4 is 11.8 Å². The van der Waals surface area contributed by atoms with Crippen LogP contribution in [0.4, 0.5) is 0 Å². The van der Waals surface area contributed by atoms with Crippen LogP contribution in [0.1, 0.15) is 47.4 Å². The van der Waals surface area contributed by atoms with Crippen LogP contribution in [-0.4, -0.2) is 61.5 Å². The molecule has 0 spiro atoms. The van der Waals surface area contributed by atoms with E-state index in [0.29, 0.717) is 61.3 Å². The minimum Gasteiger partial charge on any atom is -0.493 e. The number of ether oxygens (including phenoxy) is 2. The Balaban J connectivity index is 1.64. The molecule has 1 heterocycles. The van der Waals surface area contributed by atoms with E-state index in [1.807, 2.05) is 40.1 Å². The zero-order valence-corrected chi connectivity index (χ0v) is 18.7. The van der Waals surface area contributed by atoms with Crippen molar-refractivity contribution in [1.82, 2.24) is 9.80 Å². The SMILES string of the molecule is COc1cc(C(=O)N2CCCN(C(=O)c3ccccc3)CC2)ccc1OCCC(C)C. The van der Waals surface area contributed by atoms with Gasteiger partial charge in [-0.05, 0) is 49.1 Å². The fourth-order valence-corrected chi connectivity index (χ4v) is 3.59. The Morgan fingerprint density at radius 2 is 1.52 bits per heavy atom. The first-order chi connectivity index (χ1) is 15.0. The lowest BCUT2D eigenvalue weighted by atomic mass is 10.1. The fraction of sp³-hybridized carbons (Fsp3) is 0.440. The Labute approximate surface area is 184 Å². The van der Waals surface area contributed by atoms with Crippen molar-refractivity contribution in [2.24, 2.45) is 5.92 Å². The van der Waals surface area contributed by atoms with Gasteiger partial charge in [0.05, 0.1) is 13.7 Å². The van der Waals surface area contributed by atoms with Crippen LogP contribution in [0.3, 0.4) is 0 Å². The van der Waals surface area contributed by atoms with E-state index in [0.717, 1.165) is 12.8 Å². The highest BCUT2D eigenvalue weighted by atomic mass is 16.5. The standard InChI is InChI=1S/C25H32N2O4/c1-19(2)12-17-31-22-11-10-21(18-23(22)30-3)25(29)27-14-7-13-26(15-16-27)24(28)20-8-5-4-6-9-20/h4-6,8-11,18-19H,7,12-17H2,1-3H3. The number of amides is 2. The molecular formula is C25H32N2O4. The Kier molecular flexibility index (Phi) is 7.93. The molecule has 0 atom stereocenters. The van der Waals surface area contributed by atoms with Gasteiger partial charge in [-0.15, -0.1) is 0 Å². The second-order valence-electron chi connectivity index (χ2n) is 8.20. The normalized spacial score (nSPS) is 14.3. The molecule has 6 heteroatoms. The summed E-state index contributed by atoms with van der Waals surface area (Å²) in [5.41, 5.74) is 1.25. The molecule has 1 aliphatic heterocycles. The maximum absolute atomic E-state index is 13.1. The summed E-state index contributed by atoms with van der Waals surface area (Å²) in [6, 6.07) is 14.6. The highest BCUT2D eigenvalue weighted by molar-refractivity contribution is 5.96. The molecule has 0 aromatic heterocycles. The number of hydrogen-bond donors (Lipinski definition) is 0. The van der Waals surface area contributed by atoms with Crippen LogP contribution < -0.4 is 9.47 Å². The van der Waals surface area contributed by atoms with Crippen molar-refractivity contribution in [3.8, 4) is 11.5 Å². The summed E-state index contributed by atoms with van der Waals surface area (Å²) >= 11 is 0. The largest absolute Gasteiger partial charge is 0.493 e. The van der Waals surface area contributed by atoms with Crippen LogP contribution >= 0.6 is 0 Å². The van der Waals surface area contributed by atoms with Crippen molar-refractivity contribution < 1.29 is 19.1 Å². The molecule has 2 amide bonds. The highest BCUT2D eigenvalue weighted by Gasteiger charge is 2.24. The van der Waals surface area contributed by atoms with Gasteiger partial charge in [-0.3, -0.25) is 9.59 Å². The summed E-state index contributed by atoms with van der Waals surface area (Å²) in [5.74, 6) is 1.73. The molecule has 3 rings (SSSR count). The van der Waals surface area contributed by atoms with Gasteiger partial charge in [0.1, 0.15) is 0 Å². The highest BCUT2D eigenvalue weighted by Crippen LogP contribution is 2.29. The zero-order chi connectivity index (χ0) is 22.2. The van der Waals surface area contributed by atoms with Crippen molar-refractivity contribution in [1.29, 1.82) is 0 Å². The van der Waals surface area contributed by atoms with Gasteiger partial charge in [0.2, 0.25) is 0 Å². The molecule has 0 bridgehead atoms. The summed E-state index contributed by atoms with van der Waals surface area (Å²) in [4.78, 5) is 29.5. The molecule has 0 radical (unpaired) electrons. The summed E-state index contributed by atoms with van der Waals surface area (Å²) in [6.07, 6.45) is 1.70. The number of carbonyl (C=O) groups is 2. The zero-order valence-electron chi connectivity index (χ0n) is 18.7. The van der Waals surface area contributed by atoms with Gasteiger partial charge in [0.25, 0.3) is 11.8 Å². The van der Waals surface area contributed by atoms with Gasteiger partial charge < -0.3 is 19.3 Å². The van der Waals surface area contributed by atoms with Crippen LogP contribution in [0.5, 0.6) is 11.5 Å². The van der Waals surface area contributed by atoms with Gasteiger partial charge in [0, 0.05) is 37.3 Å². The quantitative estimate of drug-likeness (QED) is 0.671. The molecule has 0 unspecified atom stereocenters. The average molecular weight is 425 g/mol. The van der Waals surface area contributed by atoms with Gasteiger partial charge in [-0.2, -0.15) is 0 Å². The third kappa shape index (κ3) is 6.00. The number of nitrogens with zero attached hydrogens (tertiary/aromatic N) is 2. The van der Waals surface area contributed by atoms with Crippen molar-refractivity contribution in [2.45, 2.75) is 26.7 Å². The molecule has 2 aromatic rings. The van der Waals surface area contributed by atoms with E-state index in [-0.39, 0.29) is 11.8 Å². The van der Waals surface area contributed by atoms with Crippen LogP contribution in [0.25, 0.3) is 0 Å². The van der Waals surface area contributed by atoms with E-state index in [1.165, 1.54) is 0 Å². The summed E-state index contributed by atoms with van der Waals surface area (Å²) < 4.78 is 11.3. The smallest absolute Gasteiger partial charge is 0.254 e. The predicted molar refractivity (Wildman–Crippen MR) is 121 cm³/mol. The van der Waals surface area contributed by atoms with Crippen molar-refractivity contribution in [3.63, 3.8) is 0 Å². The molecule has 31 heavy (non-hydrogen) atoms. The molecule has 166 valence electrons. The van der Waals surface area contributed by atoms with E-state index in [1.54, 1.807) is 25.3 Å².